The van der Waals surface area contributed by atoms with Crippen LogP contribution in [0, 0.1) is 0 Å². The lowest BCUT2D eigenvalue weighted by molar-refractivity contribution is -0.129. The van der Waals surface area contributed by atoms with Gasteiger partial charge in [-0.3, -0.25) is 4.79 Å². The first kappa shape index (κ1) is 11.1. The highest BCUT2D eigenvalue weighted by molar-refractivity contribution is 8.01. The third-order valence-electron chi connectivity index (χ3n) is 3.40. The average molecular weight is 249 g/mol. The molecule has 0 spiro atoms. The number of aliphatic hydroxyl groups excluding tert-OH is 1. The average Bonchev–Trinajstić information content (AvgIpc) is 2.93. The van der Waals surface area contributed by atoms with E-state index in [9.17, 15) is 9.90 Å². The van der Waals surface area contributed by atoms with Gasteiger partial charge < -0.3 is 10.0 Å². The van der Waals surface area contributed by atoms with Crippen molar-refractivity contribution in [1.82, 2.24) is 4.90 Å². The quantitative estimate of drug-likeness (QED) is 0.815. The number of amides is 1. The Labute approximate surface area is 105 Å². The maximum absolute atomic E-state index is 12.3. The molecule has 1 amide bonds. The van der Waals surface area contributed by atoms with Crippen molar-refractivity contribution in [3.05, 3.63) is 29.8 Å². The summed E-state index contributed by atoms with van der Waals surface area (Å²) in [6.45, 7) is 1.21. The summed E-state index contributed by atoms with van der Waals surface area (Å²) in [7, 11) is 0. The van der Waals surface area contributed by atoms with E-state index in [0.717, 1.165) is 12.8 Å². The minimum Gasteiger partial charge on any atom is -0.391 e. The van der Waals surface area contributed by atoms with Crippen LogP contribution in [0.25, 0.3) is 0 Å². The molecule has 90 valence electrons. The molecule has 0 radical (unpaired) electrons. The van der Waals surface area contributed by atoms with E-state index < -0.39 is 0 Å². The molecule has 0 aliphatic carbocycles. The molecule has 2 heterocycles. The summed E-state index contributed by atoms with van der Waals surface area (Å²) in [5.74, 6) is 0.183. The number of rotatable bonds is 1. The Bertz CT molecular complexity index is 424. The second-order valence-electron chi connectivity index (χ2n) is 4.65. The molecular weight excluding hydrogens is 234 g/mol. The number of nitrogens with zero attached hydrogens (tertiary/aromatic N) is 1. The number of benzene rings is 1. The van der Waals surface area contributed by atoms with Crippen LogP contribution in [0.5, 0.6) is 0 Å². The third-order valence-corrected chi connectivity index (χ3v) is 4.70. The summed E-state index contributed by atoms with van der Waals surface area (Å²) in [5.41, 5.74) is 1.27. The van der Waals surface area contributed by atoms with Crippen molar-refractivity contribution in [2.45, 2.75) is 29.1 Å². The molecule has 1 aromatic carbocycles. The Balaban J connectivity index is 1.70. The van der Waals surface area contributed by atoms with Crippen molar-refractivity contribution in [2.75, 3.05) is 13.1 Å². The van der Waals surface area contributed by atoms with E-state index in [2.05, 4.69) is 12.1 Å². The van der Waals surface area contributed by atoms with Crippen molar-refractivity contribution in [3.63, 3.8) is 0 Å². The molecule has 4 heteroatoms. The molecule has 1 aromatic rings. The monoisotopic (exact) mass is 249 g/mol. The third kappa shape index (κ3) is 2.07. The van der Waals surface area contributed by atoms with Crippen molar-refractivity contribution in [3.8, 4) is 0 Å². The number of carbonyl (C=O) groups is 1. The van der Waals surface area contributed by atoms with Crippen LogP contribution in [0.2, 0.25) is 0 Å². The molecule has 0 saturated carbocycles. The topological polar surface area (TPSA) is 40.5 Å². The van der Waals surface area contributed by atoms with Gasteiger partial charge in [0.2, 0.25) is 5.91 Å². The molecule has 2 aliphatic rings. The molecule has 17 heavy (non-hydrogen) atoms. The maximum atomic E-state index is 12.3. The van der Waals surface area contributed by atoms with Crippen molar-refractivity contribution >= 4 is 17.7 Å². The van der Waals surface area contributed by atoms with Gasteiger partial charge in [0, 0.05) is 18.0 Å². The zero-order valence-corrected chi connectivity index (χ0v) is 10.3. The standard InChI is InChI=1S/C13H15NO2S/c15-10-5-6-14(8-10)13(16)12-7-9-3-1-2-4-11(9)17-12/h1-4,10,12,15H,5-8H2/t10-,12?/m0/s1. The van der Waals surface area contributed by atoms with Gasteiger partial charge in [0.1, 0.15) is 0 Å². The van der Waals surface area contributed by atoms with E-state index in [1.54, 1.807) is 16.7 Å². The summed E-state index contributed by atoms with van der Waals surface area (Å²) in [4.78, 5) is 15.3. The number of likely N-dealkylation sites (tertiary alicyclic amines) is 1. The minimum atomic E-state index is -0.326. The maximum Gasteiger partial charge on any atom is 0.236 e. The van der Waals surface area contributed by atoms with Gasteiger partial charge >= 0.3 is 0 Å². The van der Waals surface area contributed by atoms with Crippen molar-refractivity contribution in [1.29, 1.82) is 0 Å². The lowest BCUT2D eigenvalue weighted by atomic mass is 10.1. The van der Waals surface area contributed by atoms with Gasteiger partial charge in [-0.1, -0.05) is 18.2 Å². The first-order valence-electron chi connectivity index (χ1n) is 5.95. The molecule has 0 aromatic heterocycles. The molecule has 3 nitrogen and oxygen atoms in total. The van der Waals surface area contributed by atoms with Gasteiger partial charge in [0.25, 0.3) is 0 Å². The van der Waals surface area contributed by atoms with Crippen LogP contribution in [0.15, 0.2) is 29.2 Å². The lowest BCUT2D eigenvalue weighted by Crippen LogP contribution is -2.36. The van der Waals surface area contributed by atoms with Crippen molar-refractivity contribution < 1.29 is 9.90 Å². The highest BCUT2D eigenvalue weighted by atomic mass is 32.2. The second-order valence-corrected chi connectivity index (χ2v) is 5.89. The number of hydrogen-bond donors (Lipinski definition) is 1. The summed E-state index contributed by atoms with van der Waals surface area (Å²) in [5, 5.41) is 9.48. The Hall–Kier alpha value is -1.00. The summed E-state index contributed by atoms with van der Waals surface area (Å²) >= 11 is 1.66. The van der Waals surface area contributed by atoms with E-state index in [1.807, 2.05) is 12.1 Å². The fourth-order valence-electron chi connectivity index (χ4n) is 2.47. The molecule has 3 rings (SSSR count). The number of β-amino-alcohol motifs (C(OH)–C–C–N with tert-alkyl or cyclic N) is 1. The van der Waals surface area contributed by atoms with E-state index >= 15 is 0 Å². The van der Waals surface area contributed by atoms with Crippen LogP contribution in [0.1, 0.15) is 12.0 Å². The smallest absolute Gasteiger partial charge is 0.236 e. The number of aliphatic hydroxyl groups is 1. The van der Waals surface area contributed by atoms with E-state index in [0.29, 0.717) is 13.1 Å². The van der Waals surface area contributed by atoms with Crippen LogP contribution in [-0.2, 0) is 11.2 Å². The fraction of sp³-hybridized carbons (Fsp3) is 0.462. The SMILES string of the molecule is O=C(C1Cc2ccccc2S1)N1CC[C@H](O)C1. The molecule has 1 unspecified atom stereocenters. The molecule has 0 bridgehead atoms. The van der Waals surface area contributed by atoms with E-state index in [4.69, 9.17) is 0 Å². The number of hydrogen-bond acceptors (Lipinski definition) is 3. The number of carbonyl (C=O) groups excluding carboxylic acids is 1. The summed E-state index contributed by atoms with van der Waals surface area (Å²) in [6, 6.07) is 8.20. The Morgan fingerprint density at radius 2 is 2.24 bits per heavy atom. The zero-order valence-electron chi connectivity index (χ0n) is 9.50. The van der Waals surface area contributed by atoms with Crippen molar-refractivity contribution in [2.24, 2.45) is 0 Å². The first-order chi connectivity index (χ1) is 8.24. The van der Waals surface area contributed by atoms with Gasteiger partial charge in [0.15, 0.2) is 0 Å². The van der Waals surface area contributed by atoms with Crippen LogP contribution in [-0.4, -0.2) is 40.4 Å². The Morgan fingerprint density at radius 1 is 1.41 bits per heavy atom. The highest BCUT2D eigenvalue weighted by Gasteiger charge is 2.34. The van der Waals surface area contributed by atoms with Gasteiger partial charge in [-0.2, -0.15) is 0 Å². The van der Waals surface area contributed by atoms with Gasteiger partial charge in [-0.05, 0) is 24.5 Å². The van der Waals surface area contributed by atoms with Crippen LogP contribution in [0.3, 0.4) is 0 Å². The van der Waals surface area contributed by atoms with E-state index in [-0.39, 0.29) is 17.3 Å². The molecule has 1 saturated heterocycles. The number of fused-ring (bicyclic) bond motifs is 1. The zero-order chi connectivity index (χ0) is 11.8. The Morgan fingerprint density at radius 3 is 2.94 bits per heavy atom. The molecule has 2 aliphatic heterocycles. The Kier molecular flexibility index (Phi) is 2.84. The van der Waals surface area contributed by atoms with Gasteiger partial charge in [-0.25, -0.2) is 0 Å². The normalized spacial score (nSPS) is 27.2. The largest absolute Gasteiger partial charge is 0.391 e. The van der Waals surface area contributed by atoms with Crippen LogP contribution >= 0.6 is 11.8 Å². The van der Waals surface area contributed by atoms with Gasteiger partial charge in [0.05, 0.1) is 11.4 Å². The summed E-state index contributed by atoms with van der Waals surface area (Å²) < 4.78 is 0. The van der Waals surface area contributed by atoms with Crippen LogP contribution < -0.4 is 0 Å². The first-order valence-corrected chi connectivity index (χ1v) is 6.83. The van der Waals surface area contributed by atoms with Gasteiger partial charge in [-0.15, -0.1) is 11.8 Å². The second kappa shape index (κ2) is 4.35. The predicted octanol–water partition coefficient (Wildman–Crippen LogP) is 1.30. The van der Waals surface area contributed by atoms with E-state index in [1.165, 1.54) is 10.5 Å². The lowest BCUT2D eigenvalue weighted by Gasteiger charge is -2.19. The minimum absolute atomic E-state index is 0.0118. The number of thioether (sulfide) groups is 1. The molecule has 1 N–H and O–H groups in total. The molecular formula is C13H15NO2S. The summed E-state index contributed by atoms with van der Waals surface area (Å²) in [6.07, 6.45) is 1.22. The predicted molar refractivity (Wildman–Crippen MR) is 67.0 cm³/mol. The van der Waals surface area contributed by atoms with Crippen LogP contribution in [0.4, 0.5) is 0 Å². The molecule has 1 fully saturated rings. The highest BCUT2D eigenvalue weighted by Crippen LogP contribution is 2.37. The fourth-order valence-corrected chi connectivity index (χ4v) is 3.74. The molecule has 2 atom stereocenters.